The van der Waals surface area contributed by atoms with Crippen LogP contribution in [0.4, 0.5) is 0 Å². The minimum atomic E-state index is 0.0685. The van der Waals surface area contributed by atoms with Crippen LogP contribution in [0.25, 0.3) is 0 Å². The highest BCUT2D eigenvalue weighted by atomic mass is 16.1. The second kappa shape index (κ2) is 4.34. The third-order valence-electron chi connectivity index (χ3n) is 8.25. The van der Waals surface area contributed by atoms with Crippen LogP contribution in [0.1, 0.15) is 78.1 Å². The molecule has 0 bridgehead atoms. The zero-order chi connectivity index (χ0) is 14.0. The fourth-order valence-corrected chi connectivity index (χ4v) is 7.00. The van der Waals surface area contributed by atoms with E-state index in [0.29, 0.717) is 11.2 Å². The van der Waals surface area contributed by atoms with Crippen LogP contribution in [0.5, 0.6) is 0 Å². The first-order valence-electron chi connectivity index (χ1n) is 9.09. The summed E-state index contributed by atoms with van der Waals surface area (Å²) >= 11 is 0. The van der Waals surface area contributed by atoms with Crippen molar-refractivity contribution in [1.29, 1.82) is 0 Å². The molecule has 1 nitrogen and oxygen atoms in total. The molecule has 4 saturated carbocycles. The van der Waals surface area contributed by atoms with Gasteiger partial charge in [-0.3, -0.25) is 4.79 Å². The lowest BCUT2D eigenvalue weighted by atomic mass is 9.45. The van der Waals surface area contributed by atoms with Gasteiger partial charge >= 0.3 is 0 Å². The van der Waals surface area contributed by atoms with E-state index in [1.165, 1.54) is 57.8 Å². The molecular weight excluding hydrogens is 244 g/mol. The molecule has 6 atom stereocenters. The van der Waals surface area contributed by atoms with Gasteiger partial charge in [0, 0.05) is 11.8 Å². The fourth-order valence-electron chi connectivity index (χ4n) is 7.00. The van der Waals surface area contributed by atoms with Crippen LogP contribution < -0.4 is 0 Å². The molecule has 0 spiro atoms. The van der Waals surface area contributed by atoms with E-state index in [0.717, 1.165) is 30.1 Å². The number of carbonyl (C=O) groups is 1. The molecular formula is C19H30O. The van der Waals surface area contributed by atoms with Crippen LogP contribution in [-0.4, -0.2) is 5.78 Å². The molecule has 0 amide bonds. The minimum absolute atomic E-state index is 0.0685. The first kappa shape index (κ1) is 13.3. The molecule has 0 heterocycles. The van der Waals surface area contributed by atoms with E-state index in [1.54, 1.807) is 0 Å². The van der Waals surface area contributed by atoms with Gasteiger partial charge in [-0.25, -0.2) is 0 Å². The van der Waals surface area contributed by atoms with E-state index in [2.05, 4.69) is 13.8 Å². The standard InChI is InChI=1S/C19H30O/c1-18-10-4-3-6-13(18)8-9-14-15-7-5-11-19(15,2)17(20)12-16(14)18/h13-16H,3-12H2,1-2H3/t13?,14-,15-,16-,18-,19+/m0/s1. The summed E-state index contributed by atoms with van der Waals surface area (Å²) in [4.78, 5) is 12.9. The summed E-state index contributed by atoms with van der Waals surface area (Å²) in [6, 6.07) is 0. The van der Waals surface area contributed by atoms with Gasteiger partial charge in [-0.15, -0.1) is 0 Å². The van der Waals surface area contributed by atoms with E-state index >= 15 is 0 Å². The maximum atomic E-state index is 12.9. The predicted octanol–water partition coefficient (Wildman–Crippen LogP) is 4.99. The number of carbonyl (C=O) groups excluding carboxylic acids is 1. The van der Waals surface area contributed by atoms with Crippen molar-refractivity contribution in [1.82, 2.24) is 0 Å². The Labute approximate surface area is 123 Å². The van der Waals surface area contributed by atoms with Crippen molar-refractivity contribution in [3.05, 3.63) is 0 Å². The highest BCUT2D eigenvalue weighted by Gasteiger charge is 2.60. The maximum Gasteiger partial charge on any atom is 0.139 e. The average Bonchev–Trinajstić information content (AvgIpc) is 2.83. The Balaban J connectivity index is 1.70. The first-order valence-corrected chi connectivity index (χ1v) is 9.09. The zero-order valence-electron chi connectivity index (χ0n) is 13.3. The fraction of sp³-hybridized carbons (Fsp3) is 0.947. The Morgan fingerprint density at radius 3 is 2.60 bits per heavy atom. The third kappa shape index (κ3) is 1.58. The highest BCUT2D eigenvalue weighted by Crippen LogP contribution is 2.65. The molecule has 1 heteroatoms. The summed E-state index contributed by atoms with van der Waals surface area (Å²) in [6.45, 7) is 4.86. The molecule has 0 aromatic rings. The Morgan fingerprint density at radius 2 is 1.75 bits per heavy atom. The quantitative estimate of drug-likeness (QED) is 0.608. The van der Waals surface area contributed by atoms with Crippen LogP contribution in [0.2, 0.25) is 0 Å². The molecule has 4 aliphatic rings. The number of rotatable bonds is 0. The number of ketones is 1. The molecule has 0 aliphatic heterocycles. The van der Waals surface area contributed by atoms with Gasteiger partial charge in [-0.05, 0) is 67.6 Å². The van der Waals surface area contributed by atoms with E-state index in [1.807, 2.05) is 0 Å². The molecule has 1 unspecified atom stereocenters. The van der Waals surface area contributed by atoms with Gasteiger partial charge in [-0.2, -0.15) is 0 Å². The topological polar surface area (TPSA) is 17.1 Å². The Bertz CT molecular complexity index is 427. The van der Waals surface area contributed by atoms with E-state index < -0.39 is 0 Å². The van der Waals surface area contributed by atoms with Crippen molar-refractivity contribution in [2.24, 2.45) is 34.5 Å². The van der Waals surface area contributed by atoms with Gasteiger partial charge in [0.15, 0.2) is 0 Å². The molecule has 4 fully saturated rings. The highest BCUT2D eigenvalue weighted by molar-refractivity contribution is 5.86. The normalized spacial score (nSPS) is 55.0. The van der Waals surface area contributed by atoms with Crippen LogP contribution in [-0.2, 0) is 4.79 Å². The third-order valence-corrected chi connectivity index (χ3v) is 8.25. The minimum Gasteiger partial charge on any atom is -0.299 e. The molecule has 0 saturated heterocycles. The Morgan fingerprint density at radius 1 is 0.900 bits per heavy atom. The predicted molar refractivity (Wildman–Crippen MR) is 81.4 cm³/mol. The molecule has 4 rings (SSSR count). The largest absolute Gasteiger partial charge is 0.299 e. The first-order chi connectivity index (χ1) is 9.56. The van der Waals surface area contributed by atoms with Crippen LogP contribution in [0, 0.1) is 34.5 Å². The lowest BCUT2D eigenvalue weighted by Gasteiger charge is -2.59. The van der Waals surface area contributed by atoms with Gasteiger partial charge in [0.05, 0.1) is 0 Å². The van der Waals surface area contributed by atoms with Crippen molar-refractivity contribution < 1.29 is 4.79 Å². The number of Topliss-reactive ketones (excluding diaryl/α,β-unsaturated/α-hetero) is 1. The Hall–Kier alpha value is -0.330. The average molecular weight is 274 g/mol. The monoisotopic (exact) mass is 274 g/mol. The second-order valence-electron chi connectivity index (χ2n) is 8.84. The van der Waals surface area contributed by atoms with Crippen molar-refractivity contribution in [3.63, 3.8) is 0 Å². The van der Waals surface area contributed by atoms with Crippen molar-refractivity contribution in [2.75, 3.05) is 0 Å². The van der Waals surface area contributed by atoms with Crippen molar-refractivity contribution >= 4 is 5.78 Å². The molecule has 0 aromatic heterocycles. The van der Waals surface area contributed by atoms with Gasteiger partial charge in [0.2, 0.25) is 0 Å². The summed E-state index contributed by atoms with van der Waals surface area (Å²) in [5.74, 6) is 3.89. The Kier molecular flexibility index (Phi) is 2.89. The van der Waals surface area contributed by atoms with Crippen LogP contribution in [0.15, 0.2) is 0 Å². The summed E-state index contributed by atoms with van der Waals surface area (Å²) in [6.07, 6.45) is 13.3. The molecule has 4 aliphatic carbocycles. The number of hydrogen-bond donors (Lipinski definition) is 0. The summed E-state index contributed by atoms with van der Waals surface area (Å²) in [5.41, 5.74) is 0.569. The van der Waals surface area contributed by atoms with Gasteiger partial charge in [0.25, 0.3) is 0 Å². The van der Waals surface area contributed by atoms with Gasteiger partial charge < -0.3 is 0 Å². The van der Waals surface area contributed by atoms with Crippen LogP contribution >= 0.6 is 0 Å². The summed E-state index contributed by atoms with van der Waals surface area (Å²) < 4.78 is 0. The molecule has 0 radical (unpaired) electrons. The molecule has 112 valence electrons. The molecule has 0 aromatic carbocycles. The summed E-state index contributed by atoms with van der Waals surface area (Å²) in [5, 5.41) is 0. The van der Waals surface area contributed by atoms with Crippen LogP contribution in [0.3, 0.4) is 0 Å². The second-order valence-corrected chi connectivity index (χ2v) is 8.84. The summed E-state index contributed by atoms with van der Waals surface area (Å²) in [7, 11) is 0. The number of hydrogen-bond acceptors (Lipinski definition) is 1. The SMILES string of the molecule is C[C@@]12CCC[C@H]1[C@@H]1CCC3CCCC[C@]3(C)[C@H]1CC2=O. The molecule has 0 N–H and O–H groups in total. The number of fused-ring (bicyclic) bond motifs is 5. The lowest BCUT2D eigenvalue weighted by Crippen LogP contribution is -2.54. The molecule has 20 heavy (non-hydrogen) atoms. The zero-order valence-corrected chi connectivity index (χ0v) is 13.3. The van der Waals surface area contributed by atoms with Gasteiger partial charge in [-0.1, -0.05) is 33.1 Å². The lowest BCUT2D eigenvalue weighted by molar-refractivity contribution is -0.152. The van der Waals surface area contributed by atoms with E-state index in [-0.39, 0.29) is 5.41 Å². The van der Waals surface area contributed by atoms with Crippen molar-refractivity contribution in [2.45, 2.75) is 78.1 Å². The van der Waals surface area contributed by atoms with Crippen molar-refractivity contribution in [3.8, 4) is 0 Å². The van der Waals surface area contributed by atoms with E-state index in [4.69, 9.17) is 0 Å². The van der Waals surface area contributed by atoms with Gasteiger partial charge in [0.1, 0.15) is 5.78 Å². The smallest absolute Gasteiger partial charge is 0.139 e. The van der Waals surface area contributed by atoms with E-state index in [9.17, 15) is 4.79 Å². The maximum absolute atomic E-state index is 12.9.